The molecule has 0 atom stereocenters. The summed E-state index contributed by atoms with van der Waals surface area (Å²) in [5.74, 6) is -0.286. The molecule has 62 heavy (non-hydrogen) atoms. The number of aromatic nitrogens is 1. The van der Waals surface area contributed by atoms with E-state index < -0.39 is 5.41 Å². The van der Waals surface area contributed by atoms with Gasteiger partial charge in [-0.05, 0) is 115 Å². The van der Waals surface area contributed by atoms with Gasteiger partial charge in [0.2, 0.25) is 0 Å². The number of pyridine rings is 1. The van der Waals surface area contributed by atoms with Gasteiger partial charge in [-0.2, -0.15) is 0 Å². The number of hydrogen-bond acceptors (Lipinski definition) is 3. The van der Waals surface area contributed by atoms with Gasteiger partial charge in [-0.1, -0.05) is 152 Å². The standard InChI is InChI=1S/C58H36FN3/c59-50-24-10-11-25-53(50)62(54-26-12-23-49-57(54)43-19-6-9-22-48(43)58(49)46-20-7-4-17-41(46)42-18-5-8-21-47(42)58)52-34-30-38-27-31-44-51(33-29-37-28-32-45(52)56(38)55(37)44)61(39-14-2-1-3-15-39)40-16-13-35-60-36-40/h1-36H. The Balaban J connectivity index is 1.10. The molecule has 1 spiro atoms. The summed E-state index contributed by atoms with van der Waals surface area (Å²) in [6, 6.07) is 72.7. The quantitative estimate of drug-likeness (QED) is 0.156. The maximum Gasteiger partial charge on any atom is 0.147 e. The summed E-state index contributed by atoms with van der Waals surface area (Å²) in [5, 5.41) is 6.75. The first-order valence-electron chi connectivity index (χ1n) is 21.1. The molecule has 0 saturated carbocycles. The molecule has 0 N–H and O–H groups in total. The number of fused-ring (bicyclic) bond motifs is 10. The second kappa shape index (κ2) is 13.2. The van der Waals surface area contributed by atoms with Crippen molar-refractivity contribution in [1.82, 2.24) is 4.98 Å². The number of nitrogens with zero attached hydrogens (tertiary/aromatic N) is 3. The van der Waals surface area contributed by atoms with Crippen molar-refractivity contribution in [2.45, 2.75) is 5.41 Å². The average molecular weight is 794 g/mol. The van der Waals surface area contributed by atoms with Gasteiger partial charge in [-0.25, -0.2) is 4.39 Å². The fraction of sp³-hybridized carbons (Fsp3) is 0.0172. The molecule has 2 aliphatic carbocycles. The van der Waals surface area contributed by atoms with Gasteiger partial charge in [0, 0.05) is 28.2 Å². The van der Waals surface area contributed by atoms with E-state index in [1.54, 1.807) is 12.1 Å². The van der Waals surface area contributed by atoms with Crippen LogP contribution in [0.3, 0.4) is 0 Å². The summed E-state index contributed by atoms with van der Waals surface area (Å²) in [6.45, 7) is 0. The molecule has 0 fully saturated rings. The highest BCUT2D eigenvalue weighted by Gasteiger charge is 2.52. The monoisotopic (exact) mass is 793 g/mol. The van der Waals surface area contributed by atoms with Crippen molar-refractivity contribution in [2.75, 3.05) is 9.80 Å². The number of hydrogen-bond donors (Lipinski definition) is 0. The maximum atomic E-state index is 16.8. The van der Waals surface area contributed by atoms with Crippen molar-refractivity contribution in [3.8, 4) is 22.3 Å². The van der Waals surface area contributed by atoms with Crippen molar-refractivity contribution in [3.05, 3.63) is 247 Å². The minimum Gasteiger partial charge on any atom is -0.308 e. The lowest BCUT2D eigenvalue weighted by molar-refractivity contribution is 0.629. The second-order valence-electron chi connectivity index (χ2n) is 16.3. The fourth-order valence-corrected chi connectivity index (χ4v) is 11.0. The lowest BCUT2D eigenvalue weighted by Crippen LogP contribution is -2.26. The highest BCUT2D eigenvalue weighted by atomic mass is 19.1. The van der Waals surface area contributed by atoms with Gasteiger partial charge >= 0.3 is 0 Å². The fourth-order valence-electron chi connectivity index (χ4n) is 11.0. The zero-order valence-corrected chi connectivity index (χ0v) is 33.5. The summed E-state index contributed by atoms with van der Waals surface area (Å²) in [4.78, 5) is 8.98. The van der Waals surface area contributed by atoms with Gasteiger partial charge in [0.15, 0.2) is 0 Å². The SMILES string of the molecule is Fc1ccccc1N(c1cccc2c1-c1ccccc1C21c2ccccc2-c2ccccc21)c1ccc2ccc3c(N(c4ccccc4)c4cccnc4)ccc4ccc1c2c43. The van der Waals surface area contributed by atoms with Gasteiger partial charge in [0.25, 0.3) is 0 Å². The van der Waals surface area contributed by atoms with E-state index in [0.29, 0.717) is 5.69 Å². The lowest BCUT2D eigenvalue weighted by atomic mass is 9.70. The molecule has 290 valence electrons. The topological polar surface area (TPSA) is 19.4 Å². The minimum atomic E-state index is -0.534. The average Bonchev–Trinajstić information content (AvgIpc) is 3.81. The Morgan fingerprint density at radius 3 is 1.53 bits per heavy atom. The van der Waals surface area contributed by atoms with Gasteiger partial charge in [0.05, 0.1) is 40.0 Å². The number of anilines is 6. The van der Waals surface area contributed by atoms with E-state index >= 15 is 4.39 Å². The van der Waals surface area contributed by atoms with Crippen LogP contribution in [0.5, 0.6) is 0 Å². The molecule has 2 aliphatic rings. The Kier molecular flexibility index (Phi) is 7.40. The smallest absolute Gasteiger partial charge is 0.147 e. The molecule has 0 aliphatic heterocycles. The van der Waals surface area contributed by atoms with Crippen LogP contribution in [0.4, 0.5) is 38.5 Å². The molecule has 3 nitrogen and oxygen atoms in total. The zero-order chi connectivity index (χ0) is 40.9. The summed E-state index contributed by atoms with van der Waals surface area (Å²) in [5.41, 5.74) is 14.7. The third-order valence-electron chi connectivity index (χ3n) is 13.4. The van der Waals surface area contributed by atoms with Crippen LogP contribution < -0.4 is 9.80 Å². The maximum absolute atomic E-state index is 16.8. The van der Waals surface area contributed by atoms with E-state index in [9.17, 15) is 0 Å². The molecule has 0 unspecified atom stereocenters. The molecule has 1 aromatic heterocycles. The Morgan fingerprint density at radius 2 is 0.887 bits per heavy atom. The Hall–Kier alpha value is -8.08. The molecule has 11 aromatic rings. The van der Waals surface area contributed by atoms with Crippen LogP contribution in [0.25, 0.3) is 54.6 Å². The van der Waals surface area contributed by atoms with Crippen LogP contribution in [-0.4, -0.2) is 4.98 Å². The van der Waals surface area contributed by atoms with E-state index in [4.69, 9.17) is 0 Å². The normalized spacial score (nSPS) is 13.0. The zero-order valence-electron chi connectivity index (χ0n) is 33.5. The first-order chi connectivity index (χ1) is 30.7. The van der Waals surface area contributed by atoms with Crippen LogP contribution >= 0.6 is 0 Å². The van der Waals surface area contributed by atoms with Crippen molar-refractivity contribution < 1.29 is 4.39 Å². The van der Waals surface area contributed by atoms with Crippen molar-refractivity contribution in [2.24, 2.45) is 0 Å². The molecule has 0 radical (unpaired) electrons. The first-order valence-corrected chi connectivity index (χ1v) is 21.1. The third kappa shape index (κ3) is 4.66. The molecular weight excluding hydrogens is 758 g/mol. The van der Waals surface area contributed by atoms with E-state index in [-0.39, 0.29) is 5.82 Å². The minimum absolute atomic E-state index is 0.286. The summed E-state index contributed by atoms with van der Waals surface area (Å²) < 4.78 is 16.8. The summed E-state index contributed by atoms with van der Waals surface area (Å²) >= 11 is 0. The van der Waals surface area contributed by atoms with Gasteiger partial charge in [-0.15, -0.1) is 0 Å². The molecule has 0 saturated heterocycles. The van der Waals surface area contributed by atoms with Gasteiger partial charge in [0.1, 0.15) is 5.82 Å². The number of benzene rings is 10. The van der Waals surface area contributed by atoms with E-state index in [1.165, 1.54) is 38.8 Å². The van der Waals surface area contributed by atoms with Crippen molar-refractivity contribution >= 4 is 66.4 Å². The van der Waals surface area contributed by atoms with E-state index in [0.717, 1.165) is 66.5 Å². The van der Waals surface area contributed by atoms with Crippen LogP contribution in [0.1, 0.15) is 22.3 Å². The molecule has 10 aromatic carbocycles. The van der Waals surface area contributed by atoms with E-state index in [2.05, 4.69) is 185 Å². The highest BCUT2D eigenvalue weighted by Crippen LogP contribution is 2.65. The Labute approximate surface area is 358 Å². The number of halogens is 1. The van der Waals surface area contributed by atoms with Crippen LogP contribution in [0.2, 0.25) is 0 Å². The summed E-state index contributed by atoms with van der Waals surface area (Å²) in [7, 11) is 0. The Morgan fingerprint density at radius 1 is 0.371 bits per heavy atom. The van der Waals surface area contributed by atoms with Crippen LogP contribution in [0, 0.1) is 5.82 Å². The van der Waals surface area contributed by atoms with Crippen LogP contribution in [0.15, 0.2) is 219 Å². The molecule has 0 amide bonds. The predicted octanol–water partition coefficient (Wildman–Crippen LogP) is 15.4. The van der Waals surface area contributed by atoms with Crippen molar-refractivity contribution in [3.63, 3.8) is 0 Å². The highest BCUT2D eigenvalue weighted by molar-refractivity contribution is 6.28. The van der Waals surface area contributed by atoms with Gasteiger partial charge in [-0.3, -0.25) is 4.98 Å². The van der Waals surface area contributed by atoms with Gasteiger partial charge < -0.3 is 9.80 Å². The Bertz CT molecular complexity index is 3480. The third-order valence-corrected chi connectivity index (χ3v) is 13.4. The number of para-hydroxylation sites is 2. The number of rotatable bonds is 6. The van der Waals surface area contributed by atoms with Crippen LogP contribution in [-0.2, 0) is 5.41 Å². The largest absolute Gasteiger partial charge is 0.308 e. The summed E-state index contributed by atoms with van der Waals surface area (Å²) in [6.07, 6.45) is 3.73. The molecule has 4 heteroatoms. The lowest BCUT2D eigenvalue weighted by Gasteiger charge is -2.32. The predicted molar refractivity (Wildman–Crippen MR) is 254 cm³/mol. The van der Waals surface area contributed by atoms with Crippen molar-refractivity contribution in [1.29, 1.82) is 0 Å². The van der Waals surface area contributed by atoms with E-state index in [1.807, 2.05) is 36.7 Å². The molecular formula is C58H36FN3. The first kappa shape index (κ1) is 34.8. The molecule has 0 bridgehead atoms. The molecule has 13 rings (SSSR count). The molecule has 1 heterocycles. The second-order valence-corrected chi connectivity index (χ2v) is 16.3.